The minimum atomic E-state index is -0.316. The van der Waals surface area contributed by atoms with Crippen molar-refractivity contribution >= 4 is 40.0 Å². The Bertz CT molecular complexity index is 1450. The maximum Gasteiger partial charge on any atom is 0.247 e. The number of aromatic nitrogens is 4. The summed E-state index contributed by atoms with van der Waals surface area (Å²) in [6, 6.07) is 11.1. The highest BCUT2D eigenvalue weighted by Crippen LogP contribution is 2.38. The second-order valence-electron chi connectivity index (χ2n) is 8.82. The van der Waals surface area contributed by atoms with Gasteiger partial charge in [0.2, 0.25) is 11.9 Å². The molecule has 198 valence electrons. The summed E-state index contributed by atoms with van der Waals surface area (Å²) in [5.74, 6) is 1.95. The van der Waals surface area contributed by atoms with Crippen molar-refractivity contribution in [2.75, 3.05) is 64.0 Å². The van der Waals surface area contributed by atoms with Gasteiger partial charge in [-0.25, -0.2) is 9.97 Å². The number of carbonyl (C=O) groups is 1. The van der Waals surface area contributed by atoms with Crippen molar-refractivity contribution in [3.05, 3.63) is 61.6 Å². The molecule has 4 rings (SSSR count). The second-order valence-corrected chi connectivity index (χ2v) is 8.82. The first-order valence-electron chi connectivity index (χ1n) is 12.0. The van der Waals surface area contributed by atoms with E-state index in [2.05, 4.69) is 42.0 Å². The minimum absolute atomic E-state index is 0.316. The molecule has 0 spiro atoms. The summed E-state index contributed by atoms with van der Waals surface area (Å²) in [6.45, 7) is 5.15. The summed E-state index contributed by atoms with van der Waals surface area (Å²) in [4.78, 5) is 29.9. The Labute approximate surface area is 221 Å². The number of ether oxygens (including phenoxy) is 2. The number of methoxy groups -OCH3 is 2. The Morgan fingerprint density at radius 2 is 1.87 bits per heavy atom. The molecule has 11 heteroatoms. The van der Waals surface area contributed by atoms with Crippen LogP contribution in [-0.4, -0.2) is 78.8 Å². The van der Waals surface area contributed by atoms with Crippen LogP contribution in [0.5, 0.6) is 11.5 Å². The number of nitrogens with one attached hydrogen (secondary N) is 2. The predicted octanol–water partition coefficient (Wildman–Crippen LogP) is 3.70. The summed E-state index contributed by atoms with van der Waals surface area (Å²) >= 11 is 0. The zero-order valence-electron chi connectivity index (χ0n) is 22.2. The maximum atomic E-state index is 12.2. The number of carbonyl (C=O) groups excluding carboxylic acids is 1. The van der Waals surface area contributed by atoms with Gasteiger partial charge in [0.05, 0.1) is 42.3 Å². The number of amides is 1. The van der Waals surface area contributed by atoms with Crippen LogP contribution < -0.4 is 25.0 Å². The van der Waals surface area contributed by atoms with E-state index in [4.69, 9.17) is 9.47 Å². The van der Waals surface area contributed by atoms with E-state index in [1.54, 1.807) is 38.9 Å². The number of fused-ring (bicyclic) bond motifs is 1. The van der Waals surface area contributed by atoms with Gasteiger partial charge in [-0.1, -0.05) is 6.58 Å². The number of hydrogen-bond donors (Lipinski definition) is 2. The zero-order chi connectivity index (χ0) is 27.2. The van der Waals surface area contributed by atoms with Gasteiger partial charge in [-0.2, -0.15) is 4.98 Å². The lowest BCUT2D eigenvalue weighted by molar-refractivity contribution is -0.111. The van der Waals surface area contributed by atoms with Crippen molar-refractivity contribution in [2.45, 2.75) is 0 Å². The van der Waals surface area contributed by atoms with Gasteiger partial charge < -0.3 is 29.9 Å². The van der Waals surface area contributed by atoms with Crippen LogP contribution >= 0.6 is 0 Å². The summed E-state index contributed by atoms with van der Waals surface area (Å²) in [5.41, 5.74) is 3.66. The van der Waals surface area contributed by atoms with Gasteiger partial charge in [-0.3, -0.25) is 9.36 Å². The molecule has 0 bridgehead atoms. The van der Waals surface area contributed by atoms with Gasteiger partial charge in [0, 0.05) is 38.5 Å². The lowest BCUT2D eigenvalue weighted by atomic mass is 10.2. The van der Waals surface area contributed by atoms with Crippen molar-refractivity contribution in [1.82, 2.24) is 24.4 Å². The number of hydrogen-bond acceptors (Lipinski definition) is 9. The molecule has 2 heterocycles. The molecular weight excluding hydrogens is 484 g/mol. The summed E-state index contributed by atoms with van der Waals surface area (Å²) < 4.78 is 12.9. The lowest BCUT2D eigenvalue weighted by Gasteiger charge is -2.26. The topological polar surface area (TPSA) is 110 Å². The van der Waals surface area contributed by atoms with E-state index < -0.39 is 0 Å². The van der Waals surface area contributed by atoms with Crippen LogP contribution in [0.3, 0.4) is 0 Å². The smallest absolute Gasteiger partial charge is 0.247 e. The molecule has 0 atom stereocenters. The van der Waals surface area contributed by atoms with Crippen molar-refractivity contribution in [1.29, 1.82) is 0 Å². The van der Waals surface area contributed by atoms with Gasteiger partial charge in [-0.15, -0.1) is 0 Å². The maximum absolute atomic E-state index is 12.2. The molecule has 2 N–H and O–H groups in total. The van der Waals surface area contributed by atoms with Crippen LogP contribution in [0.4, 0.5) is 23.0 Å². The van der Waals surface area contributed by atoms with Crippen LogP contribution in [0.2, 0.25) is 0 Å². The molecule has 38 heavy (non-hydrogen) atoms. The molecule has 0 saturated heterocycles. The molecule has 2 aromatic heterocycles. The molecule has 1 amide bonds. The normalized spacial score (nSPS) is 10.9. The third kappa shape index (κ3) is 5.84. The molecule has 4 aromatic rings. The van der Waals surface area contributed by atoms with Gasteiger partial charge in [0.15, 0.2) is 0 Å². The lowest BCUT2D eigenvalue weighted by Crippen LogP contribution is -2.29. The van der Waals surface area contributed by atoms with Crippen molar-refractivity contribution in [3.8, 4) is 17.3 Å². The van der Waals surface area contributed by atoms with Crippen molar-refractivity contribution in [2.24, 2.45) is 0 Å². The molecule has 0 fully saturated rings. The first kappa shape index (κ1) is 26.4. The van der Waals surface area contributed by atoms with Crippen molar-refractivity contribution < 1.29 is 14.3 Å². The predicted molar refractivity (Wildman–Crippen MR) is 150 cm³/mol. The number of likely N-dealkylation sites (N-methyl/N-ethyl adjacent to an activating group) is 2. The third-order valence-electron chi connectivity index (χ3n) is 5.94. The van der Waals surface area contributed by atoms with Crippen LogP contribution in [0.15, 0.2) is 61.6 Å². The number of benzene rings is 2. The Hall–Kier alpha value is -4.64. The van der Waals surface area contributed by atoms with Crippen LogP contribution in [0.25, 0.3) is 16.9 Å². The summed E-state index contributed by atoms with van der Waals surface area (Å²) in [7, 11) is 9.21. The summed E-state index contributed by atoms with van der Waals surface area (Å²) in [6.07, 6.45) is 4.60. The fraction of sp³-hybridized carbons (Fsp3) is 0.259. The highest BCUT2D eigenvalue weighted by Gasteiger charge is 2.17. The fourth-order valence-electron chi connectivity index (χ4n) is 3.87. The molecule has 0 aliphatic carbocycles. The Balaban J connectivity index is 1.70. The van der Waals surface area contributed by atoms with Gasteiger partial charge in [0.1, 0.15) is 23.6 Å². The Morgan fingerprint density at radius 1 is 1.05 bits per heavy atom. The van der Waals surface area contributed by atoms with E-state index in [9.17, 15) is 4.79 Å². The van der Waals surface area contributed by atoms with E-state index in [0.717, 1.165) is 35.6 Å². The van der Waals surface area contributed by atoms with Crippen LogP contribution in [-0.2, 0) is 4.79 Å². The van der Waals surface area contributed by atoms with Gasteiger partial charge >= 0.3 is 0 Å². The Morgan fingerprint density at radius 3 is 2.58 bits per heavy atom. The van der Waals surface area contributed by atoms with E-state index in [0.29, 0.717) is 28.9 Å². The quantitative estimate of drug-likeness (QED) is 0.288. The second kappa shape index (κ2) is 11.6. The standard InChI is InChI=1S/C27H32N8O3/c1-7-26(36)30-20-15-21(24(38-6)16-22(20)34(4)13-12-33(2)3)31-27-28-11-10-25(32-27)35-17-29-19-9-8-18(37-5)14-23(19)35/h7-11,14-17H,1,12-13H2,2-6H3,(H,30,36)(H,28,31,32). The number of imidazole rings is 1. The van der Waals surface area contributed by atoms with Crippen molar-refractivity contribution in [3.63, 3.8) is 0 Å². The van der Waals surface area contributed by atoms with E-state index >= 15 is 0 Å². The molecule has 2 aromatic carbocycles. The SMILES string of the molecule is C=CC(=O)Nc1cc(Nc2nccc(-n3cnc4ccc(OC)cc43)n2)c(OC)cc1N(C)CCN(C)C. The number of rotatable bonds is 11. The Kier molecular flexibility index (Phi) is 8.07. The minimum Gasteiger partial charge on any atom is -0.497 e. The molecule has 0 radical (unpaired) electrons. The first-order valence-corrected chi connectivity index (χ1v) is 12.0. The molecular formula is C27H32N8O3. The van der Waals surface area contributed by atoms with Crippen LogP contribution in [0, 0.1) is 0 Å². The molecule has 0 aliphatic rings. The monoisotopic (exact) mass is 516 g/mol. The zero-order valence-corrected chi connectivity index (χ0v) is 22.2. The van der Waals surface area contributed by atoms with E-state index in [-0.39, 0.29) is 5.91 Å². The highest BCUT2D eigenvalue weighted by atomic mass is 16.5. The largest absolute Gasteiger partial charge is 0.497 e. The third-order valence-corrected chi connectivity index (χ3v) is 5.94. The van der Waals surface area contributed by atoms with E-state index in [1.165, 1.54) is 6.08 Å². The molecule has 0 saturated carbocycles. The summed E-state index contributed by atoms with van der Waals surface area (Å²) in [5, 5.41) is 6.13. The number of anilines is 4. The fourth-order valence-corrected chi connectivity index (χ4v) is 3.87. The van der Waals surface area contributed by atoms with Gasteiger partial charge in [-0.05, 0) is 44.4 Å². The molecule has 11 nitrogen and oxygen atoms in total. The first-order chi connectivity index (χ1) is 18.3. The van der Waals surface area contributed by atoms with E-state index in [1.807, 2.05) is 50.0 Å². The van der Waals surface area contributed by atoms with Gasteiger partial charge in [0.25, 0.3) is 0 Å². The average molecular weight is 517 g/mol. The molecule has 0 aliphatic heterocycles. The van der Waals surface area contributed by atoms with Crippen LogP contribution in [0.1, 0.15) is 0 Å². The average Bonchev–Trinajstić information content (AvgIpc) is 3.35. The molecule has 0 unspecified atom stereocenters. The number of nitrogens with zero attached hydrogens (tertiary/aromatic N) is 6. The highest BCUT2D eigenvalue weighted by molar-refractivity contribution is 6.02.